The van der Waals surface area contributed by atoms with Gasteiger partial charge < -0.3 is 29.7 Å². The summed E-state index contributed by atoms with van der Waals surface area (Å²) in [6.45, 7) is 4.96. The molecule has 43 heavy (non-hydrogen) atoms. The van der Waals surface area contributed by atoms with Crippen molar-refractivity contribution in [1.82, 2.24) is 24.1 Å². The van der Waals surface area contributed by atoms with Crippen LogP contribution in [0.15, 0.2) is 41.3 Å². The van der Waals surface area contributed by atoms with Gasteiger partial charge in [0.25, 0.3) is 5.56 Å². The fraction of sp³-hybridized carbons (Fsp3) is 0.393. The third kappa shape index (κ3) is 5.79. The maximum absolute atomic E-state index is 13.9. The zero-order chi connectivity index (χ0) is 31.1. The Bertz CT molecular complexity index is 1720. The van der Waals surface area contributed by atoms with Gasteiger partial charge in [0.05, 0.1) is 11.3 Å². The Balaban J connectivity index is 1.50. The topological polar surface area (TPSA) is 124 Å². The van der Waals surface area contributed by atoms with Crippen molar-refractivity contribution in [3.8, 4) is 5.75 Å². The predicted octanol–water partition coefficient (Wildman–Crippen LogP) is 2.91. The number of alkyl halides is 3. The van der Waals surface area contributed by atoms with Crippen molar-refractivity contribution in [2.75, 3.05) is 60.3 Å². The molecule has 0 radical (unpaired) electrons. The average molecular weight is 600 g/mol. The lowest BCUT2D eigenvalue weighted by Gasteiger charge is -2.37. The van der Waals surface area contributed by atoms with Gasteiger partial charge in [-0.1, -0.05) is 6.92 Å². The molecule has 1 saturated heterocycles. The highest BCUT2D eigenvalue weighted by molar-refractivity contribution is 5.91. The number of anilines is 4. The number of hydrogen-bond donors (Lipinski definition) is 2. The molecule has 0 aliphatic carbocycles. The molecule has 0 bridgehead atoms. The summed E-state index contributed by atoms with van der Waals surface area (Å²) in [5.74, 6) is 0.485. The number of pyridine rings is 1. The first-order chi connectivity index (χ1) is 20.4. The summed E-state index contributed by atoms with van der Waals surface area (Å²) < 4.78 is 42.2. The normalized spacial score (nSPS) is 13.9. The third-order valence-electron chi connectivity index (χ3n) is 7.34. The van der Waals surface area contributed by atoms with Crippen LogP contribution in [0.5, 0.6) is 5.75 Å². The van der Waals surface area contributed by atoms with E-state index in [2.05, 4.69) is 20.4 Å². The summed E-state index contributed by atoms with van der Waals surface area (Å²) in [6.07, 6.45) is -2.50. The second-order valence-corrected chi connectivity index (χ2v) is 10.5. The van der Waals surface area contributed by atoms with Crippen molar-refractivity contribution in [2.24, 2.45) is 0 Å². The van der Waals surface area contributed by atoms with Crippen LogP contribution in [-0.2, 0) is 23.9 Å². The highest BCUT2D eigenvalue weighted by Gasteiger charge is 2.31. The first kappa shape index (κ1) is 29.7. The zero-order valence-electron chi connectivity index (χ0n) is 24.2. The van der Waals surface area contributed by atoms with Crippen LogP contribution in [0.1, 0.15) is 23.7 Å². The standard InChI is InChI=1S/C28H32F3N9O3/c1-5-20-23(37-11-13-38(14-12-37)24-21(41)7-6-10-32-24)25(43)40-27(34-26(35-40)36(3)4)39(20)16-22(42)33-19-9-8-18(15-17(19)2)28(29,30)31/h6-10,15,41H,5,11-14,16H2,1-4H3,(H,33,42). The molecule has 1 amide bonds. The second kappa shape index (κ2) is 11.5. The van der Waals surface area contributed by atoms with E-state index in [9.17, 15) is 27.9 Å². The van der Waals surface area contributed by atoms with Crippen molar-refractivity contribution < 1.29 is 23.1 Å². The maximum Gasteiger partial charge on any atom is 0.416 e. The Kier molecular flexibility index (Phi) is 7.90. The molecule has 12 nitrogen and oxygen atoms in total. The molecule has 1 aliphatic rings. The van der Waals surface area contributed by atoms with Crippen LogP contribution in [0, 0.1) is 6.92 Å². The first-order valence-corrected chi connectivity index (χ1v) is 13.7. The number of nitrogens with zero attached hydrogens (tertiary/aromatic N) is 8. The molecule has 228 valence electrons. The summed E-state index contributed by atoms with van der Waals surface area (Å²) in [4.78, 5) is 41.5. The van der Waals surface area contributed by atoms with Crippen LogP contribution in [0.25, 0.3) is 5.78 Å². The van der Waals surface area contributed by atoms with Gasteiger partial charge in [-0.15, -0.1) is 5.10 Å². The van der Waals surface area contributed by atoms with E-state index in [1.165, 1.54) is 17.5 Å². The molecule has 1 aromatic carbocycles. The van der Waals surface area contributed by atoms with E-state index >= 15 is 0 Å². The molecule has 0 atom stereocenters. The number of aromatic hydroxyl groups is 1. The van der Waals surface area contributed by atoms with Crippen LogP contribution in [-0.4, -0.2) is 75.4 Å². The van der Waals surface area contributed by atoms with Gasteiger partial charge in [-0.25, -0.2) is 4.98 Å². The Morgan fingerprint density at radius 2 is 1.81 bits per heavy atom. The minimum Gasteiger partial charge on any atom is -0.504 e. The number of halogens is 3. The number of amides is 1. The van der Waals surface area contributed by atoms with E-state index < -0.39 is 17.6 Å². The number of hydrogen-bond acceptors (Lipinski definition) is 9. The van der Waals surface area contributed by atoms with E-state index in [4.69, 9.17) is 0 Å². The van der Waals surface area contributed by atoms with Crippen molar-refractivity contribution in [1.29, 1.82) is 0 Å². The molecule has 3 aromatic heterocycles. The molecule has 4 heterocycles. The predicted molar refractivity (Wildman–Crippen MR) is 156 cm³/mol. The number of piperazine rings is 1. The van der Waals surface area contributed by atoms with E-state index in [-0.39, 0.29) is 40.8 Å². The molecule has 0 unspecified atom stereocenters. The van der Waals surface area contributed by atoms with Gasteiger partial charge >= 0.3 is 6.18 Å². The van der Waals surface area contributed by atoms with E-state index in [0.717, 1.165) is 12.1 Å². The lowest BCUT2D eigenvalue weighted by atomic mass is 10.1. The Morgan fingerprint density at radius 1 is 1.12 bits per heavy atom. The molecule has 0 spiro atoms. The lowest BCUT2D eigenvalue weighted by molar-refractivity contribution is -0.137. The van der Waals surface area contributed by atoms with Gasteiger partial charge in [0.15, 0.2) is 11.6 Å². The van der Waals surface area contributed by atoms with E-state index in [0.29, 0.717) is 49.8 Å². The van der Waals surface area contributed by atoms with Gasteiger partial charge in [-0.2, -0.15) is 22.7 Å². The van der Waals surface area contributed by atoms with Crippen LogP contribution in [0.4, 0.5) is 36.3 Å². The van der Waals surface area contributed by atoms with Crippen molar-refractivity contribution in [2.45, 2.75) is 33.0 Å². The number of benzene rings is 1. The molecular formula is C28H32F3N9O3. The number of carbonyl (C=O) groups is 1. The summed E-state index contributed by atoms with van der Waals surface area (Å²) in [7, 11) is 3.47. The van der Waals surface area contributed by atoms with Crippen molar-refractivity contribution >= 4 is 34.8 Å². The van der Waals surface area contributed by atoms with Gasteiger partial charge in [0.2, 0.25) is 17.6 Å². The number of carbonyl (C=O) groups excluding carboxylic acids is 1. The van der Waals surface area contributed by atoms with Crippen molar-refractivity contribution in [3.05, 3.63) is 63.7 Å². The van der Waals surface area contributed by atoms with E-state index in [1.807, 2.05) is 16.7 Å². The smallest absolute Gasteiger partial charge is 0.416 e. The molecule has 15 heteroatoms. The van der Waals surface area contributed by atoms with Crippen LogP contribution in [0.2, 0.25) is 0 Å². The number of fused-ring (bicyclic) bond motifs is 1. The largest absolute Gasteiger partial charge is 0.504 e. The molecule has 2 N–H and O–H groups in total. The van der Waals surface area contributed by atoms with Crippen LogP contribution in [0.3, 0.4) is 0 Å². The Hall–Kier alpha value is -4.82. The minimum atomic E-state index is -4.50. The maximum atomic E-state index is 13.9. The van der Waals surface area contributed by atoms with Gasteiger partial charge in [-0.3, -0.25) is 9.59 Å². The zero-order valence-corrected chi connectivity index (χ0v) is 24.2. The number of aromatic nitrogens is 5. The monoisotopic (exact) mass is 599 g/mol. The van der Waals surface area contributed by atoms with Crippen molar-refractivity contribution in [3.63, 3.8) is 0 Å². The lowest BCUT2D eigenvalue weighted by Crippen LogP contribution is -2.49. The highest BCUT2D eigenvalue weighted by Crippen LogP contribution is 2.32. The fourth-order valence-electron chi connectivity index (χ4n) is 5.20. The summed E-state index contributed by atoms with van der Waals surface area (Å²) in [6, 6.07) is 6.34. The fourth-order valence-corrected chi connectivity index (χ4v) is 5.20. The quantitative estimate of drug-likeness (QED) is 0.330. The van der Waals surface area contributed by atoms with Gasteiger partial charge in [-0.05, 0) is 49.2 Å². The summed E-state index contributed by atoms with van der Waals surface area (Å²) in [5, 5.41) is 17.3. The summed E-state index contributed by atoms with van der Waals surface area (Å²) in [5.41, 5.74) is 0.284. The average Bonchev–Trinajstić information content (AvgIpc) is 3.42. The van der Waals surface area contributed by atoms with E-state index in [1.54, 1.807) is 41.9 Å². The molecule has 0 saturated carbocycles. The van der Waals surface area contributed by atoms with Crippen LogP contribution < -0.4 is 25.6 Å². The Morgan fingerprint density at radius 3 is 2.42 bits per heavy atom. The SMILES string of the molecule is CCc1c(N2CCN(c3ncccc3O)CC2)c(=O)n2nc(N(C)C)nc2n1CC(=O)Nc1ccc(C(F)(F)F)cc1C. The number of rotatable bonds is 7. The Labute approximate surface area is 245 Å². The third-order valence-corrected chi connectivity index (χ3v) is 7.34. The highest BCUT2D eigenvalue weighted by atomic mass is 19.4. The van der Waals surface area contributed by atoms with Crippen LogP contribution >= 0.6 is 0 Å². The molecule has 1 fully saturated rings. The molecule has 4 aromatic rings. The van der Waals surface area contributed by atoms with Gasteiger partial charge in [0, 0.05) is 52.2 Å². The number of nitrogens with one attached hydrogen (secondary N) is 1. The molecular weight excluding hydrogens is 567 g/mol. The van der Waals surface area contributed by atoms with Gasteiger partial charge in [0.1, 0.15) is 12.2 Å². The first-order valence-electron chi connectivity index (χ1n) is 13.7. The number of aryl methyl sites for hydroxylation is 1. The summed E-state index contributed by atoms with van der Waals surface area (Å²) >= 11 is 0. The molecule has 5 rings (SSSR count). The minimum absolute atomic E-state index is 0.0714. The second-order valence-electron chi connectivity index (χ2n) is 10.5. The molecule has 1 aliphatic heterocycles.